The second-order valence-corrected chi connectivity index (χ2v) is 3.30. The van der Waals surface area contributed by atoms with Gasteiger partial charge in [-0.25, -0.2) is 5.43 Å². The van der Waals surface area contributed by atoms with Crippen molar-refractivity contribution in [1.82, 2.24) is 5.43 Å². The molecule has 0 aliphatic rings. The van der Waals surface area contributed by atoms with Crippen LogP contribution < -0.4 is 11.2 Å². The zero-order valence-electron chi connectivity index (χ0n) is 8.97. The number of rotatable bonds is 2. The smallest absolute Gasteiger partial charge is 0.369 e. The molecule has 0 fully saturated rings. The molecule has 1 rings (SSSR count). The van der Waals surface area contributed by atoms with E-state index in [0.29, 0.717) is 11.3 Å². The predicted molar refractivity (Wildman–Crippen MR) is 58.7 cm³/mol. The zero-order valence-corrected chi connectivity index (χ0v) is 8.97. The largest absolute Gasteiger partial charge is 0.416 e. The van der Waals surface area contributed by atoms with Crippen LogP contribution in [0.3, 0.4) is 0 Å². The maximum absolute atomic E-state index is 12.4. The molecule has 0 radical (unpaired) electrons. The maximum atomic E-state index is 12.4. The van der Waals surface area contributed by atoms with E-state index in [1.54, 1.807) is 0 Å². The lowest BCUT2D eigenvalue weighted by Gasteiger charge is -2.08. The van der Waals surface area contributed by atoms with Crippen molar-refractivity contribution in [3.05, 3.63) is 35.4 Å². The highest BCUT2D eigenvalue weighted by Gasteiger charge is 2.30. The Labute approximate surface area is 95.8 Å². The van der Waals surface area contributed by atoms with Crippen molar-refractivity contribution in [3.63, 3.8) is 0 Å². The van der Waals surface area contributed by atoms with Crippen LogP contribution >= 0.6 is 0 Å². The van der Waals surface area contributed by atoms with E-state index in [1.165, 1.54) is 19.1 Å². The van der Waals surface area contributed by atoms with E-state index >= 15 is 0 Å². The van der Waals surface area contributed by atoms with Crippen molar-refractivity contribution in [2.75, 3.05) is 0 Å². The third-order valence-corrected chi connectivity index (χ3v) is 1.95. The Morgan fingerprint density at radius 3 is 2.59 bits per heavy atom. The van der Waals surface area contributed by atoms with Gasteiger partial charge in [0.2, 0.25) is 5.96 Å². The van der Waals surface area contributed by atoms with Gasteiger partial charge in [-0.05, 0) is 24.6 Å². The zero-order chi connectivity index (χ0) is 13.1. The third kappa shape index (κ3) is 3.78. The number of hydrogen-bond acceptors (Lipinski definition) is 2. The monoisotopic (exact) mass is 244 g/mol. The molecule has 92 valence electrons. The Balaban J connectivity index is 3.00. The molecule has 0 saturated heterocycles. The minimum Gasteiger partial charge on any atom is -0.369 e. The Morgan fingerprint density at radius 1 is 1.41 bits per heavy atom. The quantitative estimate of drug-likeness (QED) is 0.422. The number of hydrazone groups is 1. The van der Waals surface area contributed by atoms with Crippen molar-refractivity contribution in [2.45, 2.75) is 13.1 Å². The van der Waals surface area contributed by atoms with Gasteiger partial charge in [-0.2, -0.15) is 18.3 Å². The SMILES string of the molecule is C/C(=N\NC(=N)N)c1cccc(C(F)(F)F)c1. The summed E-state index contributed by atoms with van der Waals surface area (Å²) < 4.78 is 37.3. The summed E-state index contributed by atoms with van der Waals surface area (Å²) in [7, 11) is 0. The van der Waals surface area contributed by atoms with E-state index in [-0.39, 0.29) is 5.96 Å². The summed E-state index contributed by atoms with van der Waals surface area (Å²) >= 11 is 0. The first-order valence-corrected chi connectivity index (χ1v) is 4.62. The highest BCUT2D eigenvalue weighted by molar-refractivity contribution is 5.99. The van der Waals surface area contributed by atoms with Gasteiger partial charge in [0.1, 0.15) is 0 Å². The molecule has 0 atom stereocenters. The summed E-state index contributed by atoms with van der Waals surface area (Å²) in [5, 5.41) is 10.5. The highest BCUT2D eigenvalue weighted by Crippen LogP contribution is 2.29. The number of halogens is 3. The van der Waals surface area contributed by atoms with Gasteiger partial charge in [0.25, 0.3) is 0 Å². The molecule has 1 aromatic rings. The summed E-state index contributed by atoms with van der Waals surface area (Å²) in [6.07, 6.45) is -4.38. The molecule has 0 saturated carbocycles. The minimum absolute atomic E-state index is 0.311. The van der Waals surface area contributed by atoms with Gasteiger partial charge in [-0.3, -0.25) is 5.41 Å². The van der Waals surface area contributed by atoms with Crippen LogP contribution in [0.5, 0.6) is 0 Å². The standard InChI is InChI=1S/C10H11F3N4/c1-6(16-17-9(14)15)7-3-2-4-8(5-7)10(11,12)13/h2-5H,1H3,(H4,14,15,17)/b16-6+. The van der Waals surface area contributed by atoms with E-state index in [9.17, 15) is 13.2 Å². The Bertz CT molecular complexity index is 451. The van der Waals surface area contributed by atoms with E-state index in [0.717, 1.165) is 12.1 Å². The van der Waals surface area contributed by atoms with Crippen molar-refractivity contribution in [1.29, 1.82) is 5.41 Å². The van der Waals surface area contributed by atoms with Crippen molar-refractivity contribution >= 4 is 11.7 Å². The Morgan fingerprint density at radius 2 is 2.06 bits per heavy atom. The first-order valence-electron chi connectivity index (χ1n) is 4.62. The van der Waals surface area contributed by atoms with E-state index in [2.05, 4.69) is 10.5 Å². The fourth-order valence-electron chi connectivity index (χ4n) is 1.13. The molecular weight excluding hydrogens is 233 g/mol. The van der Waals surface area contributed by atoms with E-state index in [4.69, 9.17) is 11.1 Å². The molecule has 4 nitrogen and oxygen atoms in total. The van der Waals surface area contributed by atoms with Gasteiger partial charge in [0.15, 0.2) is 0 Å². The molecule has 0 bridgehead atoms. The lowest BCUT2D eigenvalue weighted by atomic mass is 10.1. The summed E-state index contributed by atoms with van der Waals surface area (Å²) in [6.45, 7) is 1.52. The van der Waals surface area contributed by atoms with Crippen molar-refractivity contribution in [2.24, 2.45) is 10.8 Å². The number of alkyl halides is 3. The number of nitrogens with zero attached hydrogens (tertiary/aromatic N) is 1. The summed E-state index contributed by atoms with van der Waals surface area (Å²) in [6, 6.07) is 4.76. The predicted octanol–water partition coefficient (Wildman–Crippen LogP) is 1.91. The second-order valence-electron chi connectivity index (χ2n) is 3.30. The summed E-state index contributed by atoms with van der Waals surface area (Å²) in [4.78, 5) is 0. The van der Waals surface area contributed by atoms with Crippen LogP contribution in [0.25, 0.3) is 0 Å². The minimum atomic E-state index is -4.38. The fourth-order valence-corrected chi connectivity index (χ4v) is 1.13. The number of nitrogens with two attached hydrogens (primary N) is 1. The second kappa shape index (κ2) is 4.86. The maximum Gasteiger partial charge on any atom is 0.416 e. The highest BCUT2D eigenvalue weighted by atomic mass is 19.4. The number of nitrogens with one attached hydrogen (secondary N) is 2. The first-order chi connectivity index (χ1) is 7.80. The van der Waals surface area contributed by atoms with Crippen LogP contribution in [0, 0.1) is 5.41 Å². The molecule has 7 heteroatoms. The molecule has 0 amide bonds. The number of guanidine groups is 1. The summed E-state index contributed by atoms with van der Waals surface area (Å²) in [5.41, 5.74) is 7.05. The summed E-state index contributed by atoms with van der Waals surface area (Å²) in [5.74, 6) is -0.378. The van der Waals surface area contributed by atoms with Gasteiger partial charge in [0, 0.05) is 0 Å². The molecule has 0 aliphatic carbocycles. The Kier molecular flexibility index (Phi) is 3.72. The van der Waals surface area contributed by atoms with Crippen LogP contribution in [0.2, 0.25) is 0 Å². The molecule has 1 aromatic carbocycles. The molecule has 0 spiro atoms. The fraction of sp³-hybridized carbons (Fsp3) is 0.200. The molecule has 0 aromatic heterocycles. The third-order valence-electron chi connectivity index (χ3n) is 1.95. The average molecular weight is 244 g/mol. The lowest BCUT2D eigenvalue weighted by Crippen LogP contribution is -2.26. The average Bonchev–Trinajstić information content (AvgIpc) is 2.25. The van der Waals surface area contributed by atoms with Crippen LogP contribution in [0.1, 0.15) is 18.1 Å². The molecular formula is C10H11F3N4. The van der Waals surface area contributed by atoms with Crippen LogP contribution in [0.4, 0.5) is 13.2 Å². The van der Waals surface area contributed by atoms with Crippen molar-refractivity contribution < 1.29 is 13.2 Å². The first kappa shape index (κ1) is 13.0. The molecule has 0 unspecified atom stereocenters. The molecule has 0 heterocycles. The topological polar surface area (TPSA) is 74.3 Å². The van der Waals surface area contributed by atoms with Crippen LogP contribution in [-0.4, -0.2) is 11.7 Å². The van der Waals surface area contributed by atoms with Gasteiger partial charge < -0.3 is 5.73 Å². The van der Waals surface area contributed by atoms with Gasteiger partial charge in [-0.15, -0.1) is 0 Å². The lowest BCUT2D eigenvalue weighted by molar-refractivity contribution is -0.137. The van der Waals surface area contributed by atoms with Gasteiger partial charge >= 0.3 is 6.18 Å². The number of hydrogen-bond donors (Lipinski definition) is 3. The van der Waals surface area contributed by atoms with E-state index in [1.807, 2.05) is 0 Å². The van der Waals surface area contributed by atoms with Crippen LogP contribution in [0.15, 0.2) is 29.4 Å². The van der Waals surface area contributed by atoms with Gasteiger partial charge in [0.05, 0.1) is 11.3 Å². The molecule has 4 N–H and O–H groups in total. The van der Waals surface area contributed by atoms with E-state index < -0.39 is 11.7 Å². The molecule has 0 aliphatic heterocycles. The van der Waals surface area contributed by atoms with Gasteiger partial charge in [-0.1, -0.05) is 12.1 Å². The molecule has 17 heavy (non-hydrogen) atoms. The number of benzene rings is 1. The normalized spacial score (nSPS) is 12.4. The van der Waals surface area contributed by atoms with Crippen molar-refractivity contribution in [3.8, 4) is 0 Å². The van der Waals surface area contributed by atoms with Crippen LogP contribution in [-0.2, 0) is 6.18 Å². The Hall–Kier alpha value is -2.05.